The average molecular weight is 300 g/mol. The predicted octanol–water partition coefficient (Wildman–Crippen LogP) is 1.19. The number of nitrogens with zero attached hydrogens (tertiary/aromatic N) is 1. The molecule has 2 rings (SSSR count). The van der Waals surface area contributed by atoms with Gasteiger partial charge in [0.05, 0.1) is 0 Å². The number of fused-ring (bicyclic) bond motifs is 1. The molecule has 18 heavy (non-hydrogen) atoms. The van der Waals surface area contributed by atoms with E-state index in [9.17, 15) is 18.0 Å². The van der Waals surface area contributed by atoms with Crippen molar-refractivity contribution in [1.29, 1.82) is 0 Å². The molecule has 2 aliphatic heterocycles. The SMILES string of the molecule is CC1(C)S[C@H]2N(C(=S)[C@@]2(N)C(F)(F)F)[C@H]1C(=O)O. The van der Waals surface area contributed by atoms with Crippen LogP contribution in [0.2, 0.25) is 0 Å². The second kappa shape index (κ2) is 3.51. The topological polar surface area (TPSA) is 66.6 Å². The van der Waals surface area contributed by atoms with E-state index in [0.29, 0.717) is 0 Å². The zero-order chi connectivity index (χ0) is 14.1. The Morgan fingerprint density at radius 1 is 1.56 bits per heavy atom. The number of thioether (sulfide) groups is 1. The van der Waals surface area contributed by atoms with Gasteiger partial charge in [0.15, 0.2) is 5.54 Å². The lowest BCUT2D eigenvalue weighted by Gasteiger charge is -2.53. The number of nitrogens with two attached hydrogens (primary N) is 1. The maximum absolute atomic E-state index is 13.0. The number of rotatable bonds is 1. The van der Waals surface area contributed by atoms with E-state index in [0.717, 1.165) is 16.7 Å². The molecule has 0 amide bonds. The van der Waals surface area contributed by atoms with Gasteiger partial charge in [0, 0.05) is 4.75 Å². The van der Waals surface area contributed by atoms with Crippen molar-refractivity contribution < 1.29 is 23.1 Å². The Morgan fingerprint density at radius 3 is 2.44 bits per heavy atom. The van der Waals surface area contributed by atoms with Gasteiger partial charge in [0.1, 0.15) is 16.4 Å². The normalized spacial score (nSPS) is 38.3. The quantitative estimate of drug-likeness (QED) is 0.709. The first-order valence-corrected chi connectivity index (χ1v) is 6.32. The second-order valence-electron chi connectivity index (χ2n) is 4.89. The smallest absolute Gasteiger partial charge is 0.415 e. The molecule has 2 aliphatic rings. The van der Waals surface area contributed by atoms with Crippen LogP contribution in [0.25, 0.3) is 0 Å². The van der Waals surface area contributed by atoms with Crippen molar-refractivity contribution >= 4 is 34.9 Å². The van der Waals surface area contributed by atoms with Crippen molar-refractivity contribution in [3.63, 3.8) is 0 Å². The van der Waals surface area contributed by atoms with E-state index in [1.54, 1.807) is 13.8 Å². The van der Waals surface area contributed by atoms with Gasteiger partial charge in [-0.05, 0) is 13.8 Å². The van der Waals surface area contributed by atoms with Gasteiger partial charge in [-0.3, -0.25) is 0 Å². The fraction of sp³-hybridized carbons (Fsp3) is 0.778. The summed E-state index contributed by atoms with van der Waals surface area (Å²) >= 11 is 5.61. The molecule has 4 nitrogen and oxygen atoms in total. The van der Waals surface area contributed by atoms with Crippen LogP contribution in [0.1, 0.15) is 13.8 Å². The van der Waals surface area contributed by atoms with E-state index in [1.165, 1.54) is 0 Å². The maximum Gasteiger partial charge on any atom is 0.415 e. The number of thiocarbonyl (C=S) groups is 1. The molecule has 0 aromatic rings. The van der Waals surface area contributed by atoms with Gasteiger partial charge < -0.3 is 15.7 Å². The van der Waals surface area contributed by atoms with E-state index in [-0.39, 0.29) is 0 Å². The molecule has 0 saturated carbocycles. The molecule has 2 saturated heterocycles. The molecule has 3 atom stereocenters. The summed E-state index contributed by atoms with van der Waals surface area (Å²) in [4.78, 5) is 11.7. The number of aliphatic carboxylic acids is 1. The van der Waals surface area contributed by atoms with Gasteiger partial charge in [0.25, 0.3) is 0 Å². The molecule has 0 radical (unpaired) electrons. The van der Waals surface area contributed by atoms with Crippen molar-refractivity contribution in [2.24, 2.45) is 5.73 Å². The van der Waals surface area contributed by atoms with Crippen molar-refractivity contribution in [2.45, 2.75) is 41.7 Å². The molecular weight excluding hydrogens is 289 g/mol. The molecule has 0 aromatic heterocycles. The summed E-state index contributed by atoms with van der Waals surface area (Å²) in [5, 5.41) is 7.96. The van der Waals surface area contributed by atoms with Crippen LogP contribution in [0.3, 0.4) is 0 Å². The number of carbonyl (C=O) groups is 1. The van der Waals surface area contributed by atoms with Crippen LogP contribution in [-0.4, -0.2) is 48.8 Å². The van der Waals surface area contributed by atoms with Crippen LogP contribution in [0, 0.1) is 0 Å². The van der Waals surface area contributed by atoms with Crippen LogP contribution < -0.4 is 5.73 Å². The molecule has 2 heterocycles. The van der Waals surface area contributed by atoms with Gasteiger partial charge in [0.2, 0.25) is 0 Å². The second-order valence-corrected chi connectivity index (χ2v) is 7.01. The minimum Gasteiger partial charge on any atom is -0.480 e. The van der Waals surface area contributed by atoms with Crippen molar-refractivity contribution in [3.8, 4) is 0 Å². The van der Waals surface area contributed by atoms with Crippen LogP contribution in [0.4, 0.5) is 13.2 Å². The largest absolute Gasteiger partial charge is 0.480 e. The third-order valence-corrected chi connectivity index (χ3v) is 5.49. The molecule has 2 fully saturated rings. The lowest BCUT2D eigenvalue weighted by molar-refractivity contribution is -0.188. The average Bonchev–Trinajstić information content (AvgIpc) is 2.45. The Bertz CT molecular complexity index is 440. The standard InChI is InChI=1S/C9H11F3N2O2S2/c1-7(2)3(4(15)16)14-5(17)8(13,6(14)18-7)9(10,11)12/h3,6H,13H2,1-2H3,(H,15,16)/t3-,6+,8-/m0/s1. The number of alkyl halides is 3. The number of carboxylic acid groups (broad SMARTS) is 1. The summed E-state index contributed by atoms with van der Waals surface area (Å²) < 4.78 is 38.0. The number of hydrogen-bond donors (Lipinski definition) is 2. The fourth-order valence-corrected chi connectivity index (χ4v) is 4.62. The summed E-state index contributed by atoms with van der Waals surface area (Å²) in [5.41, 5.74) is 2.77. The van der Waals surface area contributed by atoms with Gasteiger partial charge in [-0.1, -0.05) is 12.2 Å². The minimum atomic E-state index is -4.68. The summed E-state index contributed by atoms with van der Waals surface area (Å²) in [7, 11) is 0. The number of carboxylic acids is 1. The van der Waals surface area contributed by atoms with E-state index >= 15 is 0 Å². The van der Waals surface area contributed by atoms with Gasteiger partial charge in [-0.25, -0.2) is 4.79 Å². The van der Waals surface area contributed by atoms with E-state index in [1.807, 2.05) is 0 Å². The Balaban J connectivity index is 2.42. The highest BCUT2D eigenvalue weighted by Gasteiger charge is 2.76. The van der Waals surface area contributed by atoms with E-state index in [4.69, 9.17) is 23.1 Å². The van der Waals surface area contributed by atoms with Crippen molar-refractivity contribution in [3.05, 3.63) is 0 Å². The highest BCUT2D eigenvalue weighted by Crippen LogP contribution is 2.58. The zero-order valence-electron chi connectivity index (χ0n) is 9.49. The summed E-state index contributed by atoms with van der Waals surface area (Å²) in [6.45, 7) is 3.16. The number of halogens is 3. The number of hydrogen-bond acceptors (Lipinski definition) is 4. The first kappa shape index (κ1) is 13.9. The van der Waals surface area contributed by atoms with E-state index < -0.39 is 38.8 Å². The van der Waals surface area contributed by atoms with Crippen LogP contribution >= 0.6 is 24.0 Å². The van der Waals surface area contributed by atoms with Crippen molar-refractivity contribution in [2.75, 3.05) is 0 Å². The molecule has 0 bridgehead atoms. The Labute approximate surface area is 111 Å². The van der Waals surface area contributed by atoms with Crippen LogP contribution in [-0.2, 0) is 4.79 Å². The third kappa shape index (κ3) is 1.44. The highest BCUT2D eigenvalue weighted by atomic mass is 32.2. The van der Waals surface area contributed by atoms with Crippen LogP contribution in [0.5, 0.6) is 0 Å². The molecular formula is C9H11F3N2O2S2. The molecule has 9 heteroatoms. The van der Waals surface area contributed by atoms with E-state index in [2.05, 4.69) is 0 Å². The first-order valence-electron chi connectivity index (χ1n) is 5.03. The lowest BCUT2D eigenvalue weighted by atomic mass is 9.86. The molecule has 3 N–H and O–H groups in total. The van der Waals surface area contributed by atoms with Crippen LogP contribution in [0.15, 0.2) is 0 Å². The van der Waals surface area contributed by atoms with Gasteiger partial charge >= 0.3 is 12.1 Å². The zero-order valence-corrected chi connectivity index (χ0v) is 11.1. The minimum absolute atomic E-state index is 0.537. The lowest BCUT2D eigenvalue weighted by Crippen LogP contribution is -2.82. The summed E-state index contributed by atoms with van der Waals surface area (Å²) in [5.74, 6) is -1.19. The first-order chi connectivity index (χ1) is 7.94. The Morgan fingerprint density at radius 2 is 2.06 bits per heavy atom. The fourth-order valence-electron chi connectivity index (χ4n) is 2.35. The van der Waals surface area contributed by atoms with Gasteiger partial charge in [-0.2, -0.15) is 13.2 Å². The van der Waals surface area contributed by atoms with Gasteiger partial charge in [-0.15, -0.1) is 11.8 Å². The maximum atomic E-state index is 13.0. The summed E-state index contributed by atoms with van der Waals surface area (Å²) in [6, 6.07) is -1.08. The molecule has 0 aliphatic carbocycles. The predicted molar refractivity (Wildman–Crippen MR) is 64.3 cm³/mol. The van der Waals surface area contributed by atoms with Crippen molar-refractivity contribution in [1.82, 2.24) is 4.90 Å². The monoisotopic (exact) mass is 300 g/mol. The highest BCUT2D eigenvalue weighted by molar-refractivity contribution is 8.02. The summed E-state index contributed by atoms with van der Waals surface area (Å²) in [6.07, 6.45) is -4.68. The molecule has 0 unspecified atom stereocenters. The Kier molecular flexibility index (Phi) is 2.71. The third-order valence-electron chi connectivity index (χ3n) is 3.29. The Hall–Kier alpha value is -0.540. The molecule has 0 aromatic carbocycles. The molecule has 0 spiro atoms. The molecule has 102 valence electrons.